The van der Waals surface area contributed by atoms with Crippen LogP contribution in [0.2, 0.25) is 0 Å². The van der Waals surface area contributed by atoms with Crippen LogP contribution in [0.4, 0.5) is 4.39 Å². The summed E-state index contributed by atoms with van der Waals surface area (Å²) in [5.41, 5.74) is 1.20. The van der Waals surface area contributed by atoms with E-state index in [-0.39, 0.29) is 11.7 Å². The first-order valence-electron chi connectivity index (χ1n) is 9.52. The number of fused-ring (bicyclic) bond motifs is 2. The molecule has 1 aromatic carbocycles. The van der Waals surface area contributed by atoms with Gasteiger partial charge in [0.2, 0.25) is 5.91 Å². The predicted molar refractivity (Wildman–Crippen MR) is 90.1 cm³/mol. The van der Waals surface area contributed by atoms with Crippen LogP contribution in [0.3, 0.4) is 0 Å². The van der Waals surface area contributed by atoms with Crippen molar-refractivity contribution in [3.8, 4) is 0 Å². The van der Waals surface area contributed by atoms with Crippen LogP contribution in [-0.2, 0) is 4.79 Å². The van der Waals surface area contributed by atoms with E-state index in [0.29, 0.717) is 29.8 Å². The van der Waals surface area contributed by atoms with Crippen molar-refractivity contribution in [1.29, 1.82) is 0 Å². The number of likely N-dealkylation sites (tertiary alicyclic amines) is 1. The molecular weight excluding hydrogens is 303 g/mol. The molecule has 1 amide bonds. The highest BCUT2D eigenvalue weighted by Crippen LogP contribution is 2.47. The molecule has 24 heavy (non-hydrogen) atoms. The minimum absolute atomic E-state index is 0.179. The number of halogens is 1. The summed E-state index contributed by atoms with van der Waals surface area (Å²) in [6.45, 7) is 3.15. The number of carbonyl (C=O) groups is 1. The Morgan fingerprint density at radius 1 is 1.00 bits per heavy atom. The number of rotatable bonds is 2. The number of hydrogen-bond donors (Lipinski definition) is 0. The van der Waals surface area contributed by atoms with Crippen molar-refractivity contribution in [2.75, 3.05) is 19.6 Å². The van der Waals surface area contributed by atoms with Gasteiger partial charge in [-0.3, -0.25) is 9.69 Å². The maximum atomic E-state index is 13.3. The minimum Gasteiger partial charge on any atom is -0.337 e. The van der Waals surface area contributed by atoms with E-state index in [1.807, 2.05) is 12.1 Å². The molecule has 5 aliphatic rings. The third kappa shape index (κ3) is 2.15. The Morgan fingerprint density at radius 3 is 2.33 bits per heavy atom. The van der Waals surface area contributed by atoms with Gasteiger partial charge in [0.15, 0.2) is 0 Å². The molecule has 1 aromatic rings. The SMILES string of the molecule is O=C(C1CCC1)N1C[C@H](c2ccc(F)cc2)[C@H]2[C@@H]1C1CCN2CC1. The Hall–Kier alpha value is -1.42. The van der Waals surface area contributed by atoms with Gasteiger partial charge in [0, 0.05) is 24.4 Å². The smallest absolute Gasteiger partial charge is 0.226 e. The van der Waals surface area contributed by atoms with Crippen molar-refractivity contribution in [1.82, 2.24) is 9.80 Å². The lowest BCUT2D eigenvalue weighted by Gasteiger charge is -2.51. The van der Waals surface area contributed by atoms with E-state index in [4.69, 9.17) is 0 Å². The Kier molecular flexibility index (Phi) is 3.44. The summed E-state index contributed by atoms with van der Waals surface area (Å²) in [7, 11) is 0. The molecule has 4 saturated heterocycles. The molecule has 3 nitrogen and oxygen atoms in total. The zero-order chi connectivity index (χ0) is 16.3. The normalized spacial score (nSPS) is 38.0. The van der Waals surface area contributed by atoms with Crippen LogP contribution >= 0.6 is 0 Å². The standard InChI is InChI=1S/C20H25FN2O/c21-16-6-4-13(5-7-16)17-12-23(20(24)15-2-1-3-15)18-14-8-10-22(11-9-14)19(17)18/h4-7,14-15,17-19H,1-3,8-12H2/t17-,18+,19+/m1/s1. The molecule has 0 radical (unpaired) electrons. The first-order valence-corrected chi connectivity index (χ1v) is 9.52. The van der Waals surface area contributed by atoms with E-state index in [1.54, 1.807) is 12.1 Å². The Labute approximate surface area is 142 Å². The summed E-state index contributed by atoms with van der Waals surface area (Å²) in [6, 6.07) is 7.81. The molecule has 4 aliphatic heterocycles. The average Bonchev–Trinajstić information content (AvgIpc) is 2.98. The Bertz CT molecular complexity index is 634. The number of amides is 1. The molecule has 1 saturated carbocycles. The number of carbonyl (C=O) groups excluding carboxylic acids is 1. The third-order valence-electron chi connectivity index (χ3n) is 7.03. The molecule has 5 fully saturated rings. The van der Waals surface area contributed by atoms with Crippen LogP contribution in [0, 0.1) is 17.7 Å². The molecule has 3 atom stereocenters. The molecule has 0 spiro atoms. The first-order chi connectivity index (χ1) is 11.7. The van der Waals surface area contributed by atoms with Crippen LogP contribution in [-0.4, -0.2) is 47.4 Å². The third-order valence-corrected chi connectivity index (χ3v) is 7.03. The summed E-state index contributed by atoms with van der Waals surface area (Å²) in [5.74, 6) is 1.49. The highest BCUT2D eigenvalue weighted by atomic mass is 19.1. The fourth-order valence-electron chi connectivity index (χ4n) is 5.57. The lowest BCUT2D eigenvalue weighted by Crippen LogP contribution is -2.61. The van der Waals surface area contributed by atoms with Crippen LogP contribution in [0.25, 0.3) is 0 Å². The minimum atomic E-state index is -0.179. The fourth-order valence-corrected chi connectivity index (χ4v) is 5.57. The molecule has 4 heteroatoms. The van der Waals surface area contributed by atoms with Gasteiger partial charge in [-0.05, 0) is 62.4 Å². The van der Waals surface area contributed by atoms with Crippen LogP contribution in [0.15, 0.2) is 24.3 Å². The van der Waals surface area contributed by atoms with Crippen LogP contribution in [0.5, 0.6) is 0 Å². The summed E-state index contributed by atoms with van der Waals surface area (Å²) in [6.07, 6.45) is 5.80. The van der Waals surface area contributed by atoms with E-state index in [9.17, 15) is 9.18 Å². The second kappa shape index (κ2) is 5.55. The molecule has 4 heterocycles. The van der Waals surface area contributed by atoms with Gasteiger partial charge >= 0.3 is 0 Å². The van der Waals surface area contributed by atoms with E-state index < -0.39 is 0 Å². The van der Waals surface area contributed by atoms with Crippen molar-refractivity contribution in [2.24, 2.45) is 11.8 Å². The second-order valence-corrected chi connectivity index (χ2v) is 8.13. The zero-order valence-electron chi connectivity index (χ0n) is 14.0. The van der Waals surface area contributed by atoms with E-state index in [2.05, 4.69) is 9.80 Å². The van der Waals surface area contributed by atoms with Crippen molar-refractivity contribution in [2.45, 2.75) is 50.1 Å². The van der Waals surface area contributed by atoms with Crippen molar-refractivity contribution in [3.63, 3.8) is 0 Å². The Morgan fingerprint density at radius 2 is 1.71 bits per heavy atom. The number of piperidine rings is 3. The zero-order valence-corrected chi connectivity index (χ0v) is 14.0. The molecule has 0 aromatic heterocycles. The molecule has 2 bridgehead atoms. The van der Waals surface area contributed by atoms with Gasteiger partial charge in [0.1, 0.15) is 5.82 Å². The van der Waals surface area contributed by atoms with E-state index in [0.717, 1.165) is 32.5 Å². The average molecular weight is 328 g/mol. The summed E-state index contributed by atoms with van der Waals surface area (Å²) < 4.78 is 13.3. The number of hydrogen-bond acceptors (Lipinski definition) is 2. The van der Waals surface area contributed by atoms with Crippen molar-refractivity contribution < 1.29 is 9.18 Å². The highest BCUT2D eigenvalue weighted by Gasteiger charge is 2.55. The van der Waals surface area contributed by atoms with Crippen molar-refractivity contribution >= 4 is 5.91 Å². The number of benzene rings is 1. The maximum absolute atomic E-state index is 13.3. The van der Waals surface area contributed by atoms with Gasteiger partial charge in [-0.25, -0.2) is 4.39 Å². The molecule has 128 valence electrons. The second-order valence-electron chi connectivity index (χ2n) is 8.13. The van der Waals surface area contributed by atoms with Crippen molar-refractivity contribution in [3.05, 3.63) is 35.6 Å². The largest absolute Gasteiger partial charge is 0.337 e. The quantitative estimate of drug-likeness (QED) is 0.833. The molecule has 0 N–H and O–H groups in total. The first kappa shape index (κ1) is 14.9. The van der Waals surface area contributed by atoms with Gasteiger partial charge in [0.25, 0.3) is 0 Å². The Balaban J connectivity index is 1.49. The van der Waals surface area contributed by atoms with Gasteiger partial charge in [0.05, 0.1) is 6.04 Å². The topological polar surface area (TPSA) is 23.6 Å². The summed E-state index contributed by atoms with van der Waals surface area (Å²) in [4.78, 5) is 17.9. The molecule has 1 aliphatic carbocycles. The molecule has 0 unspecified atom stereocenters. The highest BCUT2D eigenvalue weighted by molar-refractivity contribution is 5.80. The van der Waals surface area contributed by atoms with Gasteiger partial charge in [-0.2, -0.15) is 0 Å². The van der Waals surface area contributed by atoms with Crippen LogP contribution < -0.4 is 0 Å². The molecular formula is C20H25FN2O. The summed E-state index contributed by atoms with van der Waals surface area (Å²) >= 11 is 0. The lowest BCUT2D eigenvalue weighted by molar-refractivity contribution is -0.143. The summed E-state index contributed by atoms with van der Waals surface area (Å²) in [5, 5.41) is 0. The number of nitrogens with zero attached hydrogens (tertiary/aromatic N) is 2. The van der Waals surface area contributed by atoms with Gasteiger partial charge in [-0.15, -0.1) is 0 Å². The van der Waals surface area contributed by atoms with E-state index >= 15 is 0 Å². The molecule has 6 rings (SSSR count). The van der Waals surface area contributed by atoms with Gasteiger partial charge in [-0.1, -0.05) is 18.6 Å². The monoisotopic (exact) mass is 328 g/mol. The lowest BCUT2D eigenvalue weighted by atomic mass is 9.75. The maximum Gasteiger partial charge on any atom is 0.226 e. The fraction of sp³-hybridized carbons (Fsp3) is 0.650. The van der Waals surface area contributed by atoms with Gasteiger partial charge < -0.3 is 4.90 Å². The predicted octanol–water partition coefficient (Wildman–Crippen LogP) is 3.01. The van der Waals surface area contributed by atoms with Crippen LogP contribution in [0.1, 0.15) is 43.6 Å². The van der Waals surface area contributed by atoms with E-state index in [1.165, 1.54) is 24.8 Å².